The summed E-state index contributed by atoms with van der Waals surface area (Å²) in [6.45, 7) is 7.77. The van der Waals surface area contributed by atoms with Gasteiger partial charge in [0, 0.05) is 25.8 Å². The summed E-state index contributed by atoms with van der Waals surface area (Å²) in [7, 11) is -3.25. The van der Waals surface area contributed by atoms with Crippen LogP contribution in [0, 0.1) is 11.7 Å². The molecular weight excluding hydrogens is 477 g/mol. The number of nitrogens with zero attached hydrogens (tertiary/aromatic N) is 2. The van der Waals surface area contributed by atoms with Crippen LogP contribution in [-0.4, -0.2) is 36.5 Å². The number of halogens is 1. The van der Waals surface area contributed by atoms with Crippen molar-refractivity contribution in [3.63, 3.8) is 0 Å². The zero-order valence-electron chi connectivity index (χ0n) is 20.9. The Kier molecular flexibility index (Phi) is 7.85. The second kappa shape index (κ2) is 10.9. The number of carbonyl (C=O) groups is 1. The molecule has 3 aromatic rings. The van der Waals surface area contributed by atoms with Gasteiger partial charge in [0.15, 0.2) is 9.84 Å². The molecule has 0 saturated heterocycles. The molecule has 0 aliphatic carbocycles. The highest BCUT2D eigenvalue weighted by molar-refractivity contribution is 7.91. The van der Waals surface area contributed by atoms with Crippen LogP contribution >= 0.6 is 0 Å². The topological polar surface area (TPSA) is 79.4 Å². The lowest BCUT2D eigenvalue weighted by molar-refractivity contribution is 0.0949. The van der Waals surface area contributed by atoms with Gasteiger partial charge in [0.1, 0.15) is 5.82 Å². The SMILES string of the molecule is CCS(=O)(=O)c1ccc(CNC(=O)c2cnc3c(c2)CCN(Cc2ccc(F)cc2)[C@@H]3C(C)C)cc1. The first kappa shape index (κ1) is 26.0. The Balaban J connectivity index is 1.45. The van der Waals surface area contributed by atoms with Gasteiger partial charge in [-0.1, -0.05) is 45.0 Å². The maximum atomic E-state index is 13.3. The molecule has 190 valence electrons. The summed E-state index contributed by atoms with van der Waals surface area (Å²) >= 11 is 0. The van der Waals surface area contributed by atoms with Crippen molar-refractivity contribution in [1.82, 2.24) is 15.2 Å². The van der Waals surface area contributed by atoms with Gasteiger partial charge in [0.05, 0.1) is 27.9 Å². The molecular formula is C28H32FN3O3S. The standard InChI is InChI=1S/C28H32FN3O3S/c1-4-36(34,35)25-11-7-20(8-12-25)16-31-28(33)23-15-22-13-14-32(18-21-5-9-24(29)10-6-21)27(19(2)3)26(22)30-17-23/h5-12,15,17,19,27H,4,13-14,16,18H2,1-3H3,(H,31,33)/t27-/m1/s1. The fraction of sp³-hybridized carbons (Fsp3) is 0.357. The Morgan fingerprint density at radius 1 is 1.11 bits per heavy atom. The number of carbonyl (C=O) groups excluding carboxylic acids is 1. The highest BCUT2D eigenvalue weighted by Crippen LogP contribution is 2.35. The molecule has 2 aromatic carbocycles. The zero-order valence-corrected chi connectivity index (χ0v) is 21.7. The Hall–Kier alpha value is -3.10. The van der Waals surface area contributed by atoms with Crippen molar-refractivity contribution in [1.29, 1.82) is 0 Å². The van der Waals surface area contributed by atoms with Crippen LogP contribution in [0.3, 0.4) is 0 Å². The normalized spacial score (nSPS) is 16.1. The lowest BCUT2D eigenvalue weighted by Crippen LogP contribution is -2.38. The van der Waals surface area contributed by atoms with Gasteiger partial charge >= 0.3 is 0 Å². The molecule has 1 N–H and O–H groups in total. The number of rotatable bonds is 8. The number of hydrogen-bond donors (Lipinski definition) is 1. The van der Waals surface area contributed by atoms with Gasteiger partial charge in [-0.2, -0.15) is 0 Å². The van der Waals surface area contributed by atoms with Crippen molar-refractivity contribution in [2.75, 3.05) is 12.3 Å². The van der Waals surface area contributed by atoms with E-state index in [9.17, 15) is 17.6 Å². The molecule has 1 aliphatic rings. The van der Waals surface area contributed by atoms with Crippen LogP contribution < -0.4 is 5.32 Å². The quantitative estimate of drug-likeness (QED) is 0.476. The van der Waals surface area contributed by atoms with Crippen molar-refractivity contribution in [2.24, 2.45) is 5.92 Å². The van der Waals surface area contributed by atoms with E-state index in [2.05, 4.69) is 24.1 Å². The monoisotopic (exact) mass is 509 g/mol. The molecule has 0 spiro atoms. The second-order valence-electron chi connectivity index (χ2n) is 9.53. The van der Waals surface area contributed by atoms with E-state index >= 15 is 0 Å². The smallest absolute Gasteiger partial charge is 0.253 e. The maximum Gasteiger partial charge on any atom is 0.253 e. The Morgan fingerprint density at radius 2 is 1.78 bits per heavy atom. The summed E-state index contributed by atoms with van der Waals surface area (Å²) < 4.78 is 37.3. The summed E-state index contributed by atoms with van der Waals surface area (Å²) in [5.41, 5.74) is 4.45. The summed E-state index contributed by atoms with van der Waals surface area (Å²) in [6, 6.07) is 15.2. The number of nitrogens with one attached hydrogen (secondary N) is 1. The molecule has 8 heteroatoms. The highest BCUT2D eigenvalue weighted by atomic mass is 32.2. The Morgan fingerprint density at radius 3 is 2.42 bits per heavy atom. The van der Waals surface area contributed by atoms with Gasteiger partial charge in [-0.05, 0) is 59.4 Å². The van der Waals surface area contributed by atoms with Gasteiger partial charge in [-0.3, -0.25) is 14.7 Å². The molecule has 6 nitrogen and oxygen atoms in total. The zero-order chi connectivity index (χ0) is 25.9. The predicted molar refractivity (Wildman–Crippen MR) is 138 cm³/mol. The van der Waals surface area contributed by atoms with Crippen LogP contribution in [0.25, 0.3) is 0 Å². The third-order valence-electron chi connectivity index (χ3n) is 6.65. The van der Waals surface area contributed by atoms with Gasteiger partial charge in [0.2, 0.25) is 0 Å². The molecule has 0 fully saturated rings. The van der Waals surface area contributed by atoms with Crippen LogP contribution in [0.5, 0.6) is 0 Å². The van der Waals surface area contributed by atoms with E-state index in [4.69, 9.17) is 4.98 Å². The van der Waals surface area contributed by atoms with Crippen molar-refractivity contribution in [2.45, 2.75) is 51.2 Å². The average molecular weight is 510 g/mol. The first-order valence-corrected chi connectivity index (χ1v) is 13.9. The van der Waals surface area contributed by atoms with Crippen molar-refractivity contribution in [3.05, 3.63) is 94.6 Å². The van der Waals surface area contributed by atoms with Gasteiger partial charge in [-0.25, -0.2) is 12.8 Å². The summed E-state index contributed by atoms with van der Waals surface area (Å²) in [5.74, 6) is -0.0885. The second-order valence-corrected chi connectivity index (χ2v) is 11.8. The van der Waals surface area contributed by atoms with Gasteiger partial charge < -0.3 is 5.32 Å². The largest absolute Gasteiger partial charge is 0.348 e. The number of fused-ring (bicyclic) bond motifs is 1. The summed E-state index contributed by atoms with van der Waals surface area (Å²) in [4.78, 5) is 20.2. The average Bonchev–Trinajstić information content (AvgIpc) is 2.88. The van der Waals surface area contributed by atoms with E-state index in [1.807, 2.05) is 18.2 Å². The molecule has 1 atom stereocenters. The van der Waals surface area contributed by atoms with Gasteiger partial charge in [-0.15, -0.1) is 0 Å². The molecule has 1 amide bonds. The molecule has 1 aliphatic heterocycles. The number of pyridine rings is 1. The first-order chi connectivity index (χ1) is 17.2. The van der Waals surface area contributed by atoms with E-state index in [1.54, 1.807) is 37.4 Å². The van der Waals surface area contributed by atoms with E-state index in [0.29, 0.717) is 24.6 Å². The third-order valence-corrected chi connectivity index (χ3v) is 8.40. The molecule has 4 rings (SSSR count). The fourth-order valence-corrected chi connectivity index (χ4v) is 5.58. The van der Waals surface area contributed by atoms with Crippen molar-refractivity contribution >= 4 is 15.7 Å². The van der Waals surface area contributed by atoms with E-state index < -0.39 is 9.84 Å². The maximum absolute atomic E-state index is 13.3. The minimum atomic E-state index is -3.25. The molecule has 1 aromatic heterocycles. The minimum Gasteiger partial charge on any atom is -0.348 e. The fourth-order valence-electron chi connectivity index (χ4n) is 4.69. The summed E-state index contributed by atoms with van der Waals surface area (Å²) in [6.07, 6.45) is 2.41. The van der Waals surface area contributed by atoms with E-state index in [-0.39, 0.29) is 28.4 Å². The van der Waals surface area contributed by atoms with Crippen LogP contribution in [0.4, 0.5) is 4.39 Å². The molecule has 0 radical (unpaired) electrons. The number of sulfone groups is 1. The Labute approximate surface area is 212 Å². The molecule has 36 heavy (non-hydrogen) atoms. The van der Waals surface area contributed by atoms with Crippen LogP contribution in [0.1, 0.15) is 59.6 Å². The van der Waals surface area contributed by atoms with E-state index in [1.165, 1.54) is 12.1 Å². The lowest BCUT2D eigenvalue weighted by Gasteiger charge is -2.39. The van der Waals surface area contributed by atoms with Crippen LogP contribution in [-0.2, 0) is 29.3 Å². The van der Waals surface area contributed by atoms with Gasteiger partial charge in [0.25, 0.3) is 5.91 Å². The highest BCUT2D eigenvalue weighted by Gasteiger charge is 2.31. The number of benzene rings is 2. The molecule has 0 saturated carbocycles. The molecule has 0 unspecified atom stereocenters. The molecule has 0 bridgehead atoms. The number of hydrogen-bond acceptors (Lipinski definition) is 5. The van der Waals surface area contributed by atoms with E-state index in [0.717, 1.165) is 35.3 Å². The number of amides is 1. The minimum absolute atomic E-state index is 0.0517. The number of aromatic nitrogens is 1. The van der Waals surface area contributed by atoms with Crippen LogP contribution in [0.15, 0.2) is 65.7 Å². The lowest BCUT2D eigenvalue weighted by atomic mass is 9.89. The predicted octanol–water partition coefficient (Wildman–Crippen LogP) is 4.70. The van der Waals surface area contributed by atoms with Crippen molar-refractivity contribution < 1.29 is 17.6 Å². The third kappa shape index (κ3) is 5.82. The van der Waals surface area contributed by atoms with Crippen molar-refractivity contribution in [3.8, 4) is 0 Å². The van der Waals surface area contributed by atoms with Crippen LogP contribution in [0.2, 0.25) is 0 Å². The summed E-state index contributed by atoms with van der Waals surface area (Å²) in [5, 5.41) is 2.90. The first-order valence-electron chi connectivity index (χ1n) is 12.2. The molecule has 2 heterocycles. The Bertz CT molecular complexity index is 1320.